The Morgan fingerprint density at radius 2 is 2.33 bits per heavy atom. The van der Waals surface area contributed by atoms with Gasteiger partial charge in [-0.2, -0.15) is 0 Å². The monoisotopic (exact) mass is 80.1 g/mol. The van der Waals surface area contributed by atoms with Crippen LogP contribution >= 0.6 is 0 Å². The lowest BCUT2D eigenvalue weighted by atomic mass is 10.5. The highest BCUT2D eigenvalue weighted by Crippen LogP contribution is 1.67. The van der Waals surface area contributed by atoms with Gasteiger partial charge in [-0.05, 0) is 13.0 Å². The molecule has 0 atom stereocenters. The zero-order chi connectivity index (χ0) is 4.83. The number of hydrogen-bond donors (Lipinski definition) is 0. The molecule has 0 aromatic carbocycles. The summed E-state index contributed by atoms with van der Waals surface area (Å²) >= 11 is 0. The molecule has 0 N–H and O–H groups in total. The molecule has 0 heteroatoms. The molecule has 0 aliphatic carbocycles. The molecule has 6 heavy (non-hydrogen) atoms. The van der Waals surface area contributed by atoms with Crippen molar-refractivity contribution in [3.8, 4) is 0 Å². The summed E-state index contributed by atoms with van der Waals surface area (Å²) in [4.78, 5) is 0. The lowest BCUT2D eigenvalue weighted by Crippen LogP contribution is -1.36. The largest absolute Gasteiger partial charge is 0.129 e. The molecule has 0 radical (unpaired) electrons. The predicted molar refractivity (Wildman–Crippen MR) is 28.5 cm³/mol. The van der Waals surface area contributed by atoms with Crippen molar-refractivity contribution in [2.45, 2.75) is 6.92 Å². The van der Waals surface area contributed by atoms with Crippen LogP contribution in [0.2, 0.25) is 0 Å². The van der Waals surface area contributed by atoms with Gasteiger partial charge in [0.15, 0.2) is 0 Å². The van der Waals surface area contributed by atoms with Crippen LogP contribution in [0.4, 0.5) is 0 Å². The quantitative estimate of drug-likeness (QED) is 0.333. The molecule has 0 aliphatic rings. The van der Waals surface area contributed by atoms with Gasteiger partial charge in [-0.15, -0.1) is 5.73 Å². The van der Waals surface area contributed by atoms with Crippen molar-refractivity contribution < 1.29 is 0 Å². The standard InChI is InChI=1S/C6H8/c1-3-5-6-4-2/h4-6H,1H2,2H3/b6-4-. The second-order valence-corrected chi connectivity index (χ2v) is 0.897. The molecular formula is C6H8. The van der Waals surface area contributed by atoms with E-state index >= 15 is 0 Å². The molecule has 0 saturated heterocycles. The highest BCUT2D eigenvalue weighted by molar-refractivity contribution is 4.98. The van der Waals surface area contributed by atoms with Crippen LogP contribution in [0.5, 0.6) is 0 Å². The predicted octanol–water partition coefficient (Wildman–Crippen LogP) is 1.90. The van der Waals surface area contributed by atoms with E-state index in [2.05, 4.69) is 12.3 Å². The smallest absolute Gasteiger partial charge is 0.0209 e. The highest BCUT2D eigenvalue weighted by Gasteiger charge is 1.45. The summed E-state index contributed by atoms with van der Waals surface area (Å²) in [5.74, 6) is 0. The van der Waals surface area contributed by atoms with Crippen LogP contribution in [0.25, 0.3) is 0 Å². The molecule has 0 heterocycles. The molecule has 0 bridgehead atoms. The van der Waals surface area contributed by atoms with Crippen LogP contribution in [0.1, 0.15) is 6.92 Å². The van der Waals surface area contributed by atoms with Gasteiger partial charge in [0.25, 0.3) is 0 Å². The van der Waals surface area contributed by atoms with Crippen molar-refractivity contribution in [3.63, 3.8) is 0 Å². The van der Waals surface area contributed by atoms with Gasteiger partial charge in [-0.1, -0.05) is 18.7 Å². The fourth-order valence-corrected chi connectivity index (χ4v) is 0.164. The number of allylic oxidation sites excluding steroid dienone is 3. The Morgan fingerprint density at radius 1 is 1.67 bits per heavy atom. The zero-order valence-corrected chi connectivity index (χ0v) is 3.94. The zero-order valence-electron chi connectivity index (χ0n) is 3.94. The van der Waals surface area contributed by atoms with E-state index in [0.29, 0.717) is 0 Å². The summed E-state index contributed by atoms with van der Waals surface area (Å²) in [5, 5.41) is 0. The molecular weight excluding hydrogens is 72.1 g/mol. The van der Waals surface area contributed by atoms with Gasteiger partial charge < -0.3 is 0 Å². The topological polar surface area (TPSA) is 0 Å². The lowest BCUT2D eigenvalue weighted by molar-refractivity contribution is 1.74. The van der Waals surface area contributed by atoms with Gasteiger partial charge >= 0.3 is 0 Å². The van der Waals surface area contributed by atoms with E-state index in [1.807, 2.05) is 19.1 Å². The summed E-state index contributed by atoms with van der Waals surface area (Å²) in [7, 11) is 0. The van der Waals surface area contributed by atoms with Gasteiger partial charge in [0.05, 0.1) is 0 Å². The fraction of sp³-hybridized carbons (Fsp3) is 0.167. The third kappa shape index (κ3) is 3.26. The minimum atomic E-state index is 1.76. The maximum Gasteiger partial charge on any atom is -0.0209 e. The Kier molecular flexibility index (Phi) is 3.73. The first-order valence-electron chi connectivity index (χ1n) is 1.89. The SMILES string of the molecule is C=C=C/C=C\C. The summed E-state index contributed by atoms with van der Waals surface area (Å²) < 4.78 is 0. The van der Waals surface area contributed by atoms with Crippen molar-refractivity contribution in [1.29, 1.82) is 0 Å². The van der Waals surface area contributed by atoms with Crippen LogP contribution in [0.15, 0.2) is 30.5 Å². The summed E-state index contributed by atoms with van der Waals surface area (Å²) in [5.41, 5.74) is 2.61. The van der Waals surface area contributed by atoms with Gasteiger partial charge in [0, 0.05) is 0 Å². The van der Waals surface area contributed by atoms with E-state index in [1.165, 1.54) is 0 Å². The Hall–Kier alpha value is -0.740. The van der Waals surface area contributed by atoms with Gasteiger partial charge in [-0.3, -0.25) is 0 Å². The Balaban J connectivity index is 3.33. The molecule has 0 unspecified atom stereocenters. The van der Waals surface area contributed by atoms with E-state index in [4.69, 9.17) is 0 Å². The van der Waals surface area contributed by atoms with Gasteiger partial charge in [-0.25, -0.2) is 0 Å². The van der Waals surface area contributed by atoms with Crippen molar-refractivity contribution in [1.82, 2.24) is 0 Å². The molecule has 0 saturated carbocycles. The molecule has 0 spiro atoms. The van der Waals surface area contributed by atoms with Crippen LogP contribution in [0, 0.1) is 0 Å². The van der Waals surface area contributed by atoms with E-state index in [-0.39, 0.29) is 0 Å². The van der Waals surface area contributed by atoms with E-state index in [1.54, 1.807) is 6.08 Å². The number of hydrogen-bond acceptors (Lipinski definition) is 0. The minimum Gasteiger partial charge on any atom is -0.129 e. The second-order valence-electron chi connectivity index (χ2n) is 0.897. The van der Waals surface area contributed by atoms with Crippen LogP contribution in [0.3, 0.4) is 0 Å². The molecule has 0 fully saturated rings. The van der Waals surface area contributed by atoms with Crippen molar-refractivity contribution >= 4 is 0 Å². The normalized spacial score (nSPS) is 8.17. The third-order valence-corrected chi connectivity index (χ3v) is 0.407. The molecule has 32 valence electrons. The Bertz CT molecular complexity index is 82.2. The maximum absolute atomic E-state index is 3.37. The molecule has 0 aliphatic heterocycles. The van der Waals surface area contributed by atoms with Crippen molar-refractivity contribution in [2.24, 2.45) is 0 Å². The van der Waals surface area contributed by atoms with Crippen LogP contribution in [-0.2, 0) is 0 Å². The molecule has 0 aromatic heterocycles. The van der Waals surface area contributed by atoms with Crippen LogP contribution in [-0.4, -0.2) is 0 Å². The maximum atomic E-state index is 3.37. The average molecular weight is 80.1 g/mol. The summed E-state index contributed by atoms with van der Waals surface area (Å²) in [6, 6.07) is 0. The molecule has 0 amide bonds. The van der Waals surface area contributed by atoms with Gasteiger partial charge in [0.1, 0.15) is 0 Å². The first kappa shape index (κ1) is 5.26. The van der Waals surface area contributed by atoms with Crippen LogP contribution < -0.4 is 0 Å². The fourth-order valence-electron chi connectivity index (χ4n) is 0.164. The highest BCUT2D eigenvalue weighted by atomic mass is 13.5. The summed E-state index contributed by atoms with van der Waals surface area (Å²) in [6.45, 7) is 5.32. The number of rotatable bonds is 1. The second kappa shape index (κ2) is 4.26. The van der Waals surface area contributed by atoms with Crippen molar-refractivity contribution in [2.75, 3.05) is 0 Å². The first-order chi connectivity index (χ1) is 2.91. The van der Waals surface area contributed by atoms with Gasteiger partial charge in [0.2, 0.25) is 0 Å². The van der Waals surface area contributed by atoms with Crippen molar-refractivity contribution in [3.05, 3.63) is 30.5 Å². The first-order valence-corrected chi connectivity index (χ1v) is 1.89. The lowest BCUT2D eigenvalue weighted by Gasteiger charge is -1.57. The Morgan fingerprint density at radius 3 is 2.50 bits per heavy atom. The third-order valence-electron chi connectivity index (χ3n) is 0.407. The average Bonchev–Trinajstić information content (AvgIpc) is 1.61. The molecule has 0 aromatic rings. The summed E-state index contributed by atoms with van der Waals surface area (Å²) in [6.07, 6.45) is 5.57. The van der Waals surface area contributed by atoms with E-state index < -0.39 is 0 Å². The van der Waals surface area contributed by atoms with E-state index in [9.17, 15) is 0 Å². The minimum absolute atomic E-state index is 1.76. The van der Waals surface area contributed by atoms with E-state index in [0.717, 1.165) is 0 Å². The molecule has 0 rings (SSSR count). The molecule has 0 nitrogen and oxygen atoms in total. The Labute approximate surface area is 38.5 Å².